The van der Waals surface area contributed by atoms with Crippen molar-refractivity contribution in [2.24, 2.45) is 56.2 Å². The number of aliphatic hydroxyl groups is 11. The Balaban J connectivity index is 1.05. The third-order valence-corrected chi connectivity index (χ3v) is 20.0. The van der Waals surface area contributed by atoms with Gasteiger partial charge in [0.25, 0.3) is 0 Å². The fourth-order valence-electron chi connectivity index (χ4n) is 15.8. The largest absolute Gasteiger partial charge is 0.396 e. The summed E-state index contributed by atoms with van der Waals surface area (Å²) in [7, 11) is 0. The normalized spacial score (nSPS) is 55.0. The summed E-state index contributed by atoms with van der Waals surface area (Å²) in [5.74, 6) is 0.835. The molecule has 17 nitrogen and oxygen atoms in total. The summed E-state index contributed by atoms with van der Waals surface area (Å²) in [6, 6.07) is 0. The van der Waals surface area contributed by atoms with Crippen LogP contribution in [0.2, 0.25) is 0 Å². The van der Waals surface area contributed by atoms with E-state index in [9.17, 15) is 56.2 Å². The van der Waals surface area contributed by atoms with E-state index < -0.39 is 128 Å². The molecular weight excluding hydrogens is 873 g/mol. The first-order valence-electron chi connectivity index (χ1n) is 25.2. The van der Waals surface area contributed by atoms with Gasteiger partial charge in [-0.2, -0.15) is 0 Å². The molecule has 3 saturated heterocycles. The fraction of sp³-hybridized carbons (Fsp3) is 0.960. The molecule has 0 aromatic rings. The van der Waals surface area contributed by atoms with Gasteiger partial charge in [0.2, 0.25) is 0 Å². The summed E-state index contributed by atoms with van der Waals surface area (Å²) in [6.45, 7) is 18.9. The highest BCUT2D eigenvalue weighted by molar-refractivity contribution is 5.36. The minimum atomic E-state index is -1.76. The lowest BCUT2D eigenvalue weighted by molar-refractivity contribution is -0.374. The second-order valence-corrected chi connectivity index (χ2v) is 24.4. The van der Waals surface area contributed by atoms with Crippen molar-refractivity contribution >= 4 is 0 Å². The van der Waals surface area contributed by atoms with Gasteiger partial charge in [0.1, 0.15) is 67.1 Å². The number of hydrogen-bond acceptors (Lipinski definition) is 17. The second kappa shape index (κ2) is 18.5. The predicted molar refractivity (Wildman–Crippen MR) is 239 cm³/mol. The molecule has 67 heavy (non-hydrogen) atoms. The Morgan fingerprint density at radius 3 is 1.94 bits per heavy atom. The first kappa shape index (κ1) is 52.4. The molecule has 8 rings (SSSR count). The molecule has 17 heteroatoms. The second-order valence-electron chi connectivity index (χ2n) is 24.4. The molecule has 11 N–H and O–H groups in total. The Labute approximate surface area is 395 Å². The van der Waals surface area contributed by atoms with Crippen molar-refractivity contribution in [3.8, 4) is 0 Å². The van der Waals surface area contributed by atoms with Crippen molar-refractivity contribution in [3.63, 3.8) is 0 Å². The maximum atomic E-state index is 12.2. The molecule has 4 saturated carbocycles. The van der Waals surface area contributed by atoms with E-state index in [0.717, 1.165) is 44.9 Å². The van der Waals surface area contributed by atoms with Crippen LogP contribution in [-0.2, 0) is 28.4 Å². The van der Waals surface area contributed by atoms with Crippen molar-refractivity contribution in [1.82, 2.24) is 0 Å². The number of fused-ring (bicyclic) bond motifs is 7. The quantitative estimate of drug-likeness (QED) is 0.109. The molecule has 386 valence electrons. The van der Waals surface area contributed by atoms with Crippen LogP contribution in [-0.4, -0.2) is 180 Å². The Morgan fingerprint density at radius 2 is 1.28 bits per heavy atom. The standard InChI is InChI=1S/C50H84O17/c1-10-24-17-25-26-18-45(3,4)15-16-50(26,22-52)30(53)19-49(25,9)48(8)14-11-29-46(5,6)31(12-13-47(29,7)41(24)48)66-44-39(61)36(58)40(67-43-38(60)34(56)32(54)23(2)63-43)28(65-44)21-62-42-37(59)35(57)33(55)27(20-51)64-42/h17,23-24,26-44,51-61H,10-16,18-22H2,1-9H3/t23-,24+,26?,27+,28+,29?,30-,31-,32-,33+,34+,35-,36+,37+,38+,39+,40+,41?,42+,43-,44-,47-,48+,49+,50+/m1/s1. The van der Waals surface area contributed by atoms with Crippen LogP contribution in [0.25, 0.3) is 0 Å². The van der Waals surface area contributed by atoms with E-state index in [0.29, 0.717) is 12.8 Å². The van der Waals surface area contributed by atoms with Crippen molar-refractivity contribution in [1.29, 1.82) is 0 Å². The summed E-state index contributed by atoms with van der Waals surface area (Å²) in [5.41, 5.74) is -0.0236. The van der Waals surface area contributed by atoms with E-state index in [1.54, 1.807) is 0 Å². The van der Waals surface area contributed by atoms with E-state index >= 15 is 0 Å². The first-order chi connectivity index (χ1) is 31.3. The molecular formula is C50H84O17. The van der Waals surface area contributed by atoms with Crippen LogP contribution in [0.3, 0.4) is 0 Å². The highest BCUT2D eigenvalue weighted by Gasteiger charge is 2.71. The van der Waals surface area contributed by atoms with Gasteiger partial charge < -0.3 is 84.6 Å². The van der Waals surface area contributed by atoms with Gasteiger partial charge in [-0.05, 0) is 115 Å². The summed E-state index contributed by atoms with van der Waals surface area (Å²) in [4.78, 5) is 0. The molecule has 0 aromatic heterocycles. The molecule has 8 aliphatic rings. The van der Waals surface area contributed by atoms with Crippen molar-refractivity contribution in [3.05, 3.63) is 11.6 Å². The Morgan fingerprint density at radius 1 is 0.657 bits per heavy atom. The third kappa shape index (κ3) is 8.25. The molecule has 7 fully saturated rings. The minimum absolute atomic E-state index is 0.0166. The molecule has 0 aromatic carbocycles. The number of rotatable bonds is 10. The van der Waals surface area contributed by atoms with Crippen LogP contribution in [0.5, 0.6) is 0 Å². The van der Waals surface area contributed by atoms with E-state index in [1.165, 1.54) is 12.5 Å². The Bertz CT molecular complexity index is 1780. The number of hydrogen-bond donors (Lipinski definition) is 11. The maximum Gasteiger partial charge on any atom is 0.187 e. The van der Waals surface area contributed by atoms with Gasteiger partial charge >= 0.3 is 0 Å². The number of aliphatic hydroxyl groups excluding tert-OH is 11. The van der Waals surface area contributed by atoms with Gasteiger partial charge in [0, 0.05) is 5.41 Å². The predicted octanol–water partition coefficient (Wildman–Crippen LogP) is 1.25. The van der Waals surface area contributed by atoms with Gasteiger partial charge in [0.05, 0.1) is 38.1 Å². The van der Waals surface area contributed by atoms with Crippen molar-refractivity contribution in [2.45, 2.75) is 224 Å². The molecule has 3 heterocycles. The molecule has 25 atom stereocenters. The van der Waals surface area contributed by atoms with Gasteiger partial charge in [-0.15, -0.1) is 0 Å². The van der Waals surface area contributed by atoms with E-state index in [2.05, 4.69) is 61.5 Å². The molecule has 3 aliphatic heterocycles. The van der Waals surface area contributed by atoms with Gasteiger partial charge in [-0.3, -0.25) is 0 Å². The number of allylic oxidation sites excluding steroid dienone is 2. The van der Waals surface area contributed by atoms with Crippen molar-refractivity contribution in [2.75, 3.05) is 19.8 Å². The Hall–Kier alpha value is -0.940. The fourth-order valence-corrected chi connectivity index (χ4v) is 15.8. The lowest BCUT2D eigenvalue weighted by atomic mass is 9.32. The van der Waals surface area contributed by atoms with Crippen LogP contribution < -0.4 is 0 Å². The lowest BCUT2D eigenvalue weighted by Crippen LogP contribution is -2.69. The zero-order valence-corrected chi connectivity index (χ0v) is 41.1. The average Bonchev–Trinajstić information content (AvgIpc) is 3.27. The molecule has 5 aliphatic carbocycles. The van der Waals surface area contributed by atoms with Gasteiger partial charge in [-0.25, -0.2) is 0 Å². The summed E-state index contributed by atoms with van der Waals surface area (Å²) >= 11 is 0. The SMILES string of the molecule is CC[C@H]1C=C2C3CC(C)(C)CC[C@@]3(CO)[C@H](O)C[C@]2(C)[C@@]2(C)CCC3C(C)(C)[C@H](O[C@H]4O[C@@H](CO[C@H]5O[C@@H](CO)[C@H](O)[C@@H](O)[C@@H]5O)[C@H](O[C@H]5O[C@H](C)[C@@H](O)[C@H](O)[C@@H]5O)[C@@H](O)[C@@H]4O)CC[C@@]3(C)C12. The average molecular weight is 957 g/mol. The zero-order valence-electron chi connectivity index (χ0n) is 41.1. The molecule has 0 spiro atoms. The molecule has 3 unspecified atom stereocenters. The first-order valence-corrected chi connectivity index (χ1v) is 25.2. The minimum Gasteiger partial charge on any atom is -0.396 e. The summed E-state index contributed by atoms with van der Waals surface area (Å²) < 4.78 is 36.4. The maximum absolute atomic E-state index is 12.2. The van der Waals surface area contributed by atoms with Crippen LogP contribution in [0.4, 0.5) is 0 Å². The molecule has 0 radical (unpaired) electrons. The topological polar surface area (TPSA) is 278 Å². The lowest BCUT2D eigenvalue weighted by Gasteiger charge is -2.73. The highest BCUT2D eigenvalue weighted by Crippen LogP contribution is 2.77. The van der Waals surface area contributed by atoms with E-state index in [-0.39, 0.29) is 51.9 Å². The van der Waals surface area contributed by atoms with Gasteiger partial charge in [-0.1, -0.05) is 67.0 Å². The number of ether oxygens (including phenoxy) is 6. The van der Waals surface area contributed by atoms with Crippen LogP contribution in [0.15, 0.2) is 11.6 Å². The Kier molecular flexibility index (Phi) is 14.5. The summed E-state index contributed by atoms with van der Waals surface area (Å²) in [5, 5.41) is 120. The molecule has 0 amide bonds. The molecule has 0 bridgehead atoms. The van der Waals surface area contributed by atoms with Crippen LogP contribution in [0.1, 0.15) is 120 Å². The van der Waals surface area contributed by atoms with Crippen LogP contribution >= 0.6 is 0 Å². The van der Waals surface area contributed by atoms with Gasteiger partial charge in [0.15, 0.2) is 18.9 Å². The smallest absolute Gasteiger partial charge is 0.187 e. The monoisotopic (exact) mass is 957 g/mol. The van der Waals surface area contributed by atoms with E-state index in [4.69, 9.17) is 28.4 Å². The van der Waals surface area contributed by atoms with Crippen molar-refractivity contribution < 1.29 is 84.6 Å². The van der Waals surface area contributed by atoms with E-state index in [1.807, 2.05) is 0 Å². The zero-order chi connectivity index (χ0) is 49.1. The summed E-state index contributed by atoms with van der Waals surface area (Å²) in [6.07, 6.45) is -14.0. The third-order valence-electron chi connectivity index (χ3n) is 20.0. The van der Waals surface area contributed by atoms with Crippen LogP contribution in [0, 0.1) is 56.2 Å². The highest BCUT2D eigenvalue weighted by atomic mass is 16.8.